The lowest BCUT2D eigenvalue weighted by Gasteiger charge is -2.17. The maximum absolute atomic E-state index is 12.1. The summed E-state index contributed by atoms with van der Waals surface area (Å²) < 4.78 is 12.1. The number of nitrogens with one attached hydrogen (secondary N) is 1. The van der Waals surface area contributed by atoms with Crippen LogP contribution in [0.15, 0.2) is 11.3 Å². The van der Waals surface area contributed by atoms with Crippen molar-refractivity contribution in [2.24, 2.45) is 5.92 Å². The molecule has 1 unspecified atom stereocenters. The third-order valence-electron chi connectivity index (χ3n) is 3.05. The van der Waals surface area contributed by atoms with Gasteiger partial charge in [0.05, 0.1) is 11.7 Å². The van der Waals surface area contributed by atoms with Gasteiger partial charge in [0.1, 0.15) is 0 Å². The summed E-state index contributed by atoms with van der Waals surface area (Å²) >= 11 is 0. The molecule has 0 saturated heterocycles. The van der Waals surface area contributed by atoms with E-state index in [0.29, 0.717) is 25.0 Å². The van der Waals surface area contributed by atoms with Crippen LogP contribution in [0.25, 0.3) is 0 Å². The summed E-state index contributed by atoms with van der Waals surface area (Å²) in [6.07, 6.45) is 0.975. The highest BCUT2D eigenvalue weighted by Gasteiger charge is 2.27. The fourth-order valence-electron chi connectivity index (χ4n) is 2.18. The van der Waals surface area contributed by atoms with E-state index < -0.39 is 19.3 Å². The van der Waals surface area contributed by atoms with Gasteiger partial charge in [-0.05, 0) is 25.2 Å². The van der Waals surface area contributed by atoms with Crippen LogP contribution in [-0.2, 0) is 14.2 Å². The van der Waals surface area contributed by atoms with Crippen LogP contribution in [0.4, 0.5) is 0 Å². The monoisotopic (exact) mass is 335 g/mol. The lowest BCUT2D eigenvalue weighted by Crippen LogP contribution is -2.18. The summed E-state index contributed by atoms with van der Waals surface area (Å²) in [6.45, 7) is 3.61. The molecule has 0 heterocycles. The van der Waals surface area contributed by atoms with Gasteiger partial charge in [-0.25, -0.2) is 4.79 Å². The number of hydrogen-bond donors (Lipinski definition) is 4. The summed E-state index contributed by atoms with van der Waals surface area (Å²) in [5.41, 5.74) is 0.292. The first kappa shape index (κ1) is 20.7. The predicted octanol–water partition coefficient (Wildman–Crippen LogP) is 2.12. The van der Waals surface area contributed by atoms with Crippen LogP contribution in [0.2, 0.25) is 0 Å². The number of carboxylic acids is 2. The van der Waals surface area contributed by atoms with Crippen molar-refractivity contribution < 1.29 is 29.3 Å². The highest BCUT2D eigenvalue weighted by molar-refractivity contribution is 7.58. The number of allylic oxidation sites excluding steroid dienone is 1. The van der Waals surface area contributed by atoms with Crippen LogP contribution >= 0.6 is 7.37 Å². The Morgan fingerprint density at radius 2 is 1.68 bits per heavy atom. The number of rotatable bonds is 11. The maximum atomic E-state index is 12.1. The van der Waals surface area contributed by atoms with Crippen LogP contribution in [-0.4, -0.2) is 46.4 Å². The highest BCUT2D eigenvalue weighted by atomic mass is 31.2. The van der Waals surface area contributed by atoms with Crippen molar-refractivity contribution in [1.29, 1.82) is 0 Å². The largest absolute Gasteiger partial charge is 0.481 e. The summed E-state index contributed by atoms with van der Waals surface area (Å²) in [7, 11) is -2.00. The van der Waals surface area contributed by atoms with E-state index in [1.54, 1.807) is 20.9 Å². The number of carbonyl (C=O) groups is 2. The van der Waals surface area contributed by atoms with Crippen LogP contribution in [0.5, 0.6) is 0 Å². The Balaban J connectivity index is 5.01. The first-order valence-corrected chi connectivity index (χ1v) is 9.27. The molecule has 0 aliphatic rings. The number of aliphatic carboxylic acids is 2. The van der Waals surface area contributed by atoms with Crippen LogP contribution in [0.3, 0.4) is 0 Å². The Labute approximate surface area is 130 Å². The number of unbranched alkanes of at least 4 members (excludes halogenated alkanes) is 1. The SMILES string of the molecule is CN/C(CCCCC(=O)O)=C(\CP(=O)(O)CC(C)C)C(=O)O. The van der Waals surface area contributed by atoms with E-state index in [1.807, 2.05) is 0 Å². The van der Waals surface area contributed by atoms with Crippen molar-refractivity contribution in [2.45, 2.75) is 39.5 Å². The molecule has 0 saturated carbocycles. The Morgan fingerprint density at radius 1 is 1.14 bits per heavy atom. The average Bonchev–Trinajstić information content (AvgIpc) is 2.34. The Morgan fingerprint density at radius 3 is 2.09 bits per heavy atom. The molecule has 7 nitrogen and oxygen atoms in total. The predicted molar refractivity (Wildman–Crippen MR) is 84.2 cm³/mol. The average molecular weight is 335 g/mol. The lowest BCUT2D eigenvalue weighted by molar-refractivity contribution is -0.137. The van der Waals surface area contributed by atoms with E-state index in [4.69, 9.17) is 5.11 Å². The van der Waals surface area contributed by atoms with Crippen molar-refractivity contribution >= 4 is 19.3 Å². The molecular weight excluding hydrogens is 309 g/mol. The summed E-state index contributed by atoms with van der Waals surface area (Å²) in [5, 5.41) is 20.6. The molecule has 0 aromatic heterocycles. The van der Waals surface area contributed by atoms with E-state index in [0.717, 1.165) is 0 Å². The van der Waals surface area contributed by atoms with Gasteiger partial charge in [-0.2, -0.15) is 0 Å². The molecule has 0 spiro atoms. The molecule has 8 heteroatoms. The summed E-state index contributed by atoms with van der Waals surface area (Å²) in [4.78, 5) is 31.8. The zero-order chi connectivity index (χ0) is 17.3. The van der Waals surface area contributed by atoms with Gasteiger partial charge in [0.25, 0.3) is 0 Å². The normalized spacial score (nSPS) is 15.1. The van der Waals surface area contributed by atoms with Gasteiger partial charge >= 0.3 is 11.9 Å². The van der Waals surface area contributed by atoms with Gasteiger partial charge in [0.2, 0.25) is 7.37 Å². The Hall–Kier alpha value is -1.33. The fraction of sp³-hybridized carbons (Fsp3) is 0.714. The zero-order valence-electron chi connectivity index (χ0n) is 13.3. The number of hydrogen-bond acceptors (Lipinski definition) is 4. The Kier molecular flexibility index (Phi) is 9.06. The smallest absolute Gasteiger partial charge is 0.333 e. The van der Waals surface area contributed by atoms with Crippen molar-refractivity contribution in [3.8, 4) is 0 Å². The summed E-state index contributed by atoms with van der Waals surface area (Å²) in [6, 6.07) is 0. The van der Waals surface area contributed by atoms with Gasteiger partial charge in [0.15, 0.2) is 0 Å². The van der Waals surface area contributed by atoms with Gasteiger partial charge in [0, 0.05) is 25.3 Å². The molecule has 0 amide bonds. The molecule has 0 aromatic carbocycles. The molecule has 0 fully saturated rings. The standard InChI is InChI=1S/C14H26NO6P/c1-10(2)8-22(20,21)9-11(14(18)19)12(15-3)6-4-5-7-13(16)17/h10,15H,4-9H2,1-3H3,(H,16,17)(H,18,19)(H,20,21)/b12-11+. The van der Waals surface area contributed by atoms with E-state index in [1.165, 1.54) is 0 Å². The van der Waals surface area contributed by atoms with Crippen LogP contribution in [0.1, 0.15) is 39.5 Å². The molecule has 0 aliphatic heterocycles. The van der Waals surface area contributed by atoms with E-state index in [2.05, 4.69) is 5.32 Å². The van der Waals surface area contributed by atoms with E-state index >= 15 is 0 Å². The molecular formula is C14H26NO6P. The first-order valence-electron chi connectivity index (χ1n) is 7.24. The first-order chi connectivity index (χ1) is 10.1. The van der Waals surface area contributed by atoms with Crippen molar-refractivity contribution in [2.75, 3.05) is 19.4 Å². The molecule has 0 aromatic rings. The quantitative estimate of drug-likeness (QED) is 0.259. The van der Waals surface area contributed by atoms with Gasteiger partial charge in [-0.1, -0.05) is 13.8 Å². The zero-order valence-corrected chi connectivity index (χ0v) is 14.2. The van der Waals surface area contributed by atoms with E-state index in [9.17, 15) is 24.2 Å². The van der Waals surface area contributed by atoms with Gasteiger partial charge < -0.3 is 20.4 Å². The lowest BCUT2D eigenvalue weighted by atomic mass is 10.1. The minimum Gasteiger partial charge on any atom is -0.481 e. The molecule has 0 aliphatic carbocycles. The second-order valence-electron chi connectivity index (χ2n) is 5.69. The van der Waals surface area contributed by atoms with Gasteiger partial charge in [-0.3, -0.25) is 9.36 Å². The second-order valence-corrected chi connectivity index (χ2v) is 8.07. The molecule has 0 radical (unpaired) electrons. The van der Waals surface area contributed by atoms with Crippen LogP contribution < -0.4 is 5.32 Å². The molecule has 4 N–H and O–H groups in total. The maximum Gasteiger partial charge on any atom is 0.333 e. The van der Waals surface area contributed by atoms with E-state index in [-0.39, 0.29) is 30.2 Å². The molecule has 1 atom stereocenters. The summed E-state index contributed by atoms with van der Waals surface area (Å²) in [5.74, 6) is -2.12. The van der Waals surface area contributed by atoms with Crippen molar-refractivity contribution in [1.82, 2.24) is 5.32 Å². The fourth-order valence-corrected chi connectivity index (χ4v) is 4.27. The second kappa shape index (κ2) is 9.64. The molecule has 128 valence electrons. The minimum atomic E-state index is -3.55. The minimum absolute atomic E-state index is 0.000481. The van der Waals surface area contributed by atoms with Crippen LogP contribution in [0, 0.1) is 5.92 Å². The van der Waals surface area contributed by atoms with Crippen molar-refractivity contribution in [3.63, 3.8) is 0 Å². The molecule has 22 heavy (non-hydrogen) atoms. The molecule has 0 bridgehead atoms. The molecule has 0 rings (SSSR count). The third kappa shape index (κ3) is 8.85. The Bertz CT molecular complexity index is 472. The topological polar surface area (TPSA) is 124 Å². The van der Waals surface area contributed by atoms with Gasteiger partial charge in [-0.15, -0.1) is 0 Å². The van der Waals surface area contributed by atoms with Crippen molar-refractivity contribution in [3.05, 3.63) is 11.3 Å². The highest BCUT2D eigenvalue weighted by Crippen LogP contribution is 2.44. The third-order valence-corrected chi connectivity index (χ3v) is 5.16. The number of carboxylic acid groups (broad SMARTS) is 2.